The summed E-state index contributed by atoms with van der Waals surface area (Å²) < 4.78 is 37.1. The van der Waals surface area contributed by atoms with Gasteiger partial charge in [0.2, 0.25) is 11.8 Å². The van der Waals surface area contributed by atoms with Crippen molar-refractivity contribution in [1.29, 1.82) is 0 Å². The van der Waals surface area contributed by atoms with Crippen LogP contribution in [0.3, 0.4) is 0 Å². The standard InChI is InChI=1S/C27H29F2N7O6/c1-16(38)31-11-19-13-36(27(41)42-19)18-9-20(28)25(21(29)10-18)33-4-6-34(7-5-33)26(40)17(15-37)8-23(39)22-14-35-3-2-30-12-24(35)32-22/h2-3,9-10,12,14,17,19,37H,4-8,11,13,15H2,1H3,(H,31,38). The minimum atomic E-state index is -0.991. The van der Waals surface area contributed by atoms with Gasteiger partial charge in [0.15, 0.2) is 23.1 Å². The lowest BCUT2D eigenvalue weighted by atomic mass is 10.00. The molecule has 13 nitrogen and oxygen atoms in total. The topological polar surface area (TPSA) is 150 Å². The predicted molar refractivity (Wildman–Crippen MR) is 144 cm³/mol. The Kier molecular flexibility index (Phi) is 8.29. The average molecular weight is 586 g/mol. The van der Waals surface area contributed by atoms with Crippen molar-refractivity contribution >= 4 is 40.7 Å². The van der Waals surface area contributed by atoms with Crippen LogP contribution < -0.4 is 15.1 Å². The van der Waals surface area contributed by atoms with Gasteiger partial charge >= 0.3 is 6.09 Å². The first kappa shape index (κ1) is 28.9. The summed E-state index contributed by atoms with van der Waals surface area (Å²) in [7, 11) is 0. The fraction of sp³-hybridized carbons (Fsp3) is 0.407. The molecule has 2 atom stereocenters. The molecule has 2 aliphatic heterocycles. The number of halogens is 2. The molecule has 5 rings (SSSR count). The maximum absolute atomic E-state index is 15.2. The number of hydrogen-bond acceptors (Lipinski definition) is 9. The largest absolute Gasteiger partial charge is 0.442 e. The number of piperazine rings is 1. The number of nitrogens with zero attached hydrogens (tertiary/aromatic N) is 6. The second-order valence-electron chi connectivity index (χ2n) is 10.1. The molecular weight excluding hydrogens is 556 g/mol. The molecule has 3 amide bonds. The molecule has 0 bridgehead atoms. The lowest BCUT2D eigenvalue weighted by Gasteiger charge is -2.37. The third-order valence-electron chi connectivity index (χ3n) is 7.23. The Morgan fingerprint density at radius 1 is 1.17 bits per heavy atom. The molecule has 2 fully saturated rings. The maximum atomic E-state index is 15.2. The van der Waals surface area contributed by atoms with Crippen LogP contribution in [0.5, 0.6) is 0 Å². The Labute approximate surface area is 238 Å². The van der Waals surface area contributed by atoms with Crippen molar-refractivity contribution in [1.82, 2.24) is 24.6 Å². The minimum Gasteiger partial charge on any atom is -0.442 e. The van der Waals surface area contributed by atoms with E-state index in [2.05, 4.69) is 15.3 Å². The van der Waals surface area contributed by atoms with Crippen LogP contribution in [0.25, 0.3) is 5.65 Å². The highest BCUT2D eigenvalue weighted by Crippen LogP contribution is 2.32. The van der Waals surface area contributed by atoms with Gasteiger partial charge in [-0.2, -0.15) is 0 Å². The number of aliphatic hydroxyl groups excluding tert-OH is 1. The number of amides is 3. The Balaban J connectivity index is 1.19. The zero-order valence-corrected chi connectivity index (χ0v) is 22.7. The van der Waals surface area contributed by atoms with Crippen LogP contribution in [0.4, 0.5) is 25.0 Å². The number of carbonyl (C=O) groups excluding carboxylic acids is 4. The number of rotatable bonds is 9. The van der Waals surface area contributed by atoms with Crippen molar-refractivity contribution < 1.29 is 37.8 Å². The van der Waals surface area contributed by atoms with Gasteiger partial charge in [0.1, 0.15) is 17.5 Å². The normalized spacial score (nSPS) is 17.9. The number of nitrogens with one attached hydrogen (secondary N) is 1. The molecule has 2 unspecified atom stereocenters. The van der Waals surface area contributed by atoms with Gasteiger partial charge in [-0.15, -0.1) is 0 Å². The number of fused-ring (bicyclic) bond motifs is 1. The first-order valence-electron chi connectivity index (χ1n) is 13.3. The number of cyclic esters (lactones) is 1. The predicted octanol–water partition coefficient (Wildman–Crippen LogP) is 0.999. The quantitative estimate of drug-likeness (QED) is 0.351. The Hall–Kier alpha value is -4.66. The maximum Gasteiger partial charge on any atom is 0.414 e. The Morgan fingerprint density at radius 2 is 1.88 bits per heavy atom. The van der Waals surface area contributed by atoms with Gasteiger partial charge in [-0.1, -0.05) is 0 Å². The number of ketones is 1. The molecule has 1 aromatic carbocycles. The fourth-order valence-electron chi connectivity index (χ4n) is 5.05. The number of aliphatic hydroxyl groups is 1. The van der Waals surface area contributed by atoms with Gasteiger partial charge in [0.05, 0.1) is 37.5 Å². The second kappa shape index (κ2) is 12.1. The van der Waals surface area contributed by atoms with Crippen LogP contribution in [-0.4, -0.2) is 100 Å². The number of imidazole rings is 1. The van der Waals surface area contributed by atoms with Crippen LogP contribution >= 0.6 is 0 Å². The third kappa shape index (κ3) is 6.00. The van der Waals surface area contributed by atoms with Gasteiger partial charge < -0.3 is 29.4 Å². The monoisotopic (exact) mass is 585 g/mol. The van der Waals surface area contributed by atoms with E-state index in [0.717, 1.165) is 17.0 Å². The number of anilines is 2. The summed E-state index contributed by atoms with van der Waals surface area (Å²) in [6.45, 7) is 1.32. The molecule has 42 heavy (non-hydrogen) atoms. The average Bonchev–Trinajstić information content (AvgIpc) is 3.58. The third-order valence-corrected chi connectivity index (χ3v) is 7.23. The molecule has 4 heterocycles. The van der Waals surface area contributed by atoms with E-state index in [4.69, 9.17) is 4.74 Å². The van der Waals surface area contributed by atoms with E-state index in [1.807, 2.05) is 0 Å². The molecule has 15 heteroatoms. The van der Waals surface area contributed by atoms with Crippen LogP contribution in [-0.2, 0) is 14.3 Å². The number of hydrogen-bond donors (Lipinski definition) is 2. The van der Waals surface area contributed by atoms with Crippen LogP contribution in [0, 0.1) is 17.6 Å². The highest BCUT2D eigenvalue weighted by Gasteiger charge is 2.35. The van der Waals surface area contributed by atoms with Crippen LogP contribution in [0.2, 0.25) is 0 Å². The van der Waals surface area contributed by atoms with E-state index >= 15 is 8.78 Å². The SMILES string of the molecule is CC(=O)NCC1CN(c2cc(F)c(N3CCN(C(=O)C(CO)CC(=O)c4cn5ccncc5n4)CC3)c(F)c2)C(=O)O1. The molecule has 3 aromatic rings. The number of Topliss-reactive ketones (excluding diaryl/α,β-unsaturated/α-hetero) is 1. The number of carbonyl (C=O) groups is 4. The summed E-state index contributed by atoms with van der Waals surface area (Å²) in [6, 6.07) is 2.08. The fourth-order valence-corrected chi connectivity index (χ4v) is 5.05. The van der Waals surface area contributed by atoms with E-state index in [0.29, 0.717) is 5.65 Å². The minimum absolute atomic E-state index is 0.0149. The van der Waals surface area contributed by atoms with Gasteiger partial charge in [-0.25, -0.2) is 18.6 Å². The molecule has 2 aromatic heterocycles. The summed E-state index contributed by atoms with van der Waals surface area (Å²) >= 11 is 0. The summed E-state index contributed by atoms with van der Waals surface area (Å²) in [5.41, 5.74) is 0.320. The van der Waals surface area contributed by atoms with Crippen molar-refractivity contribution in [3.05, 3.63) is 54.2 Å². The molecule has 0 saturated carbocycles. The van der Waals surface area contributed by atoms with Crippen molar-refractivity contribution in [3.8, 4) is 0 Å². The highest BCUT2D eigenvalue weighted by molar-refractivity contribution is 5.97. The van der Waals surface area contributed by atoms with Crippen LogP contribution in [0.1, 0.15) is 23.8 Å². The lowest BCUT2D eigenvalue weighted by Crippen LogP contribution is -2.51. The highest BCUT2D eigenvalue weighted by atomic mass is 19.1. The molecule has 2 saturated heterocycles. The summed E-state index contributed by atoms with van der Waals surface area (Å²) in [6.07, 6.45) is 4.52. The molecular formula is C27H29F2N7O6. The first-order chi connectivity index (χ1) is 20.1. The summed E-state index contributed by atoms with van der Waals surface area (Å²) in [5, 5.41) is 12.4. The van der Waals surface area contributed by atoms with Crippen molar-refractivity contribution in [2.75, 3.05) is 55.7 Å². The Bertz CT molecular complexity index is 1470. The zero-order chi connectivity index (χ0) is 30.0. The molecule has 0 radical (unpaired) electrons. The zero-order valence-electron chi connectivity index (χ0n) is 22.7. The first-order valence-corrected chi connectivity index (χ1v) is 13.3. The van der Waals surface area contributed by atoms with Crippen molar-refractivity contribution in [2.45, 2.75) is 19.4 Å². The van der Waals surface area contributed by atoms with E-state index in [1.165, 1.54) is 29.1 Å². The van der Waals surface area contributed by atoms with E-state index in [9.17, 15) is 24.3 Å². The van der Waals surface area contributed by atoms with Gasteiger partial charge in [-0.3, -0.25) is 24.3 Å². The number of benzene rings is 1. The van der Waals surface area contributed by atoms with Crippen molar-refractivity contribution in [2.24, 2.45) is 5.92 Å². The van der Waals surface area contributed by atoms with Gasteiger partial charge in [0.25, 0.3) is 0 Å². The molecule has 222 valence electrons. The molecule has 0 aliphatic carbocycles. The summed E-state index contributed by atoms with van der Waals surface area (Å²) in [4.78, 5) is 61.5. The number of ether oxygens (including phenoxy) is 1. The summed E-state index contributed by atoms with van der Waals surface area (Å²) in [5.74, 6) is -3.90. The molecule has 2 N–H and O–H groups in total. The van der Waals surface area contributed by atoms with E-state index in [-0.39, 0.29) is 68.7 Å². The van der Waals surface area contributed by atoms with Gasteiger partial charge in [0, 0.05) is 70.2 Å². The lowest BCUT2D eigenvalue weighted by molar-refractivity contribution is -0.137. The van der Waals surface area contributed by atoms with Crippen molar-refractivity contribution in [3.63, 3.8) is 0 Å². The smallest absolute Gasteiger partial charge is 0.414 e. The van der Waals surface area contributed by atoms with E-state index < -0.39 is 48.0 Å². The van der Waals surface area contributed by atoms with Gasteiger partial charge in [-0.05, 0) is 0 Å². The van der Waals surface area contributed by atoms with E-state index in [1.54, 1.807) is 16.8 Å². The second-order valence-corrected chi connectivity index (χ2v) is 10.1. The molecule has 0 spiro atoms. The van der Waals surface area contributed by atoms with Crippen LogP contribution in [0.15, 0.2) is 36.9 Å². The number of aromatic nitrogens is 3. The Morgan fingerprint density at radius 3 is 2.52 bits per heavy atom. The molecule has 2 aliphatic rings.